The quantitative estimate of drug-likeness (QED) is 0.601. The van der Waals surface area contributed by atoms with Crippen molar-refractivity contribution in [2.45, 2.75) is 38.2 Å². The molecule has 0 amide bonds. The van der Waals surface area contributed by atoms with Crippen LogP contribution in [0.25, 0.3) is 0 Å². The molecule has 0 saturated carbocycles. The number of likely N-dealkylation sites (tertiary alicyclic amines) is 1. The lowest BCUT2D eigenvalue weighted by Crippen LogP contribution is -2.45. The molecule has 0 spiro atoms. The molecular weight excluding hydrogens is 399 g/mol. The zero-order chi connectivity index (χ0) is 21.4. The van der Waals surface area contributed by atoms with Crippen LogP contribution in [0.4, 0.5) is 18.9 Å². The number of fused-ring (bicyclic) bond motifs is 1. The van der Waals surface area contributed by atoms with Gasteiger partial charge in [0.05, 0.1) is 24.0 Å². The van der Waals surface area contributed by atoms with Crippen molar-refractivity contribution < 1.29 is 27.8 Å². The standard InChI is InChI=1S/C21H22F3N3O3/c1-2-30-21(29)13-7-12-8-17(24)20(26-6-5-15(28)11-26)25-19(12)27(10-13)18-4-3-14(22)9-16(18)23/h3-4,8-10,15,17,19,28H,2,5-7,11H2,1H3. The van der Waals surface area contributed by atoms with Crippen molar-refractivity contribution >= 4 is 17.5 Å². The highest BCUT2D eigenvalue weighted by molar-refractivity contribution is 5.93. The first-order valence-electron chi connectivity index (χ1n) is 9.84. The Balaban J connectivity index is 1.76. The molecule has 0 radical (unpaired) electrons. The third-order valence-corrected chi connectivity index (χ3v) is 5.36. The maximum Gasteiger partial charge on any atom is 0.335 e. The molecule has 0 aliphatic carbocycles. The SMILES string of the molecule is CCOC(=O)C1=CN(c2ccc(F)cc2F)C2N=C(N3CCC(O)C3)C(F)C=C2C1. The molecule has 1 fully saturated rings. The number of amidine groups is 1. The molecule has 160 valence electrons. The summed E-state index contributed by atoms with van der Waals surface area (Å²) in [5, 5.41) is 9.80. The van der Waals surface area contributed by atoms with E-state index in [0.717, 1.165) is 12.1 Å². The number of β-amino-alcohol motifs (C(OH)–C–C–N with tert-alkyl or cyclic N) is 1. The topological polar surface area (TPSA) is 65.4 Å². The summed E-state index contributed by atoms with van der Waals surface area (Å²) in [7, 11) is 0. The summed E-state index contributed by atoms with van der Waals surface area (Å²) in [6.45, 7) is 2.56. The minimum absolute atomic E-state index is 0.00987. The first-order chi connectivity index (χ1) is 14.4. The molecule has 3 aliphatic heterocycles. The molecule has 6 nitrogen and oxygen atoms in total. The van der Waals surface area contributed by atoms with E-state index >= 15 is 0 Å². The summed E-state index contributed by atoms with van der Waals surface area (Å²) in [6, 6.07) is 3.10. The van der Waals surface area contributed by atoms with Crippen LogP contribution < -0.4 is 4.90 Å². The molecule has 1 saturated heterocycles. The highest BCUT2D eigenvalue weighted by Gasteiger charge is 2.38. The van der Waals surface area contributed by atoms with Crippen molar-refractivity contribution in [3.05, 3.63) is 53.3 Å². The van der Waals surface area contributed by atoms with Gasteiger partial charge in [0, 0.05) is 31.8 Å². The number of carbonyl (C=O) groups excluding carboxylic acids is 1. The molecule has 0 aromatic heterocycles. The number of halogens is 3. The van der Waals surface area contributed by atoms with E-state index in [9.17, 15) is 23.1 Å². The van der Waals surface area contributed by atoms with Crippen LogP contribution >= 0.6 is 0 Å². The number of anilines is 1. The number of aliphatic hydroxyl groups excluding tert-OH is 1. The third kappa shape index (κ3) is 3.81. The zero-order valence-corrected chi connectivity index (χ0v) is 16.4. The Labute approximate surface area is 171 Å². The second-order valence-corrected chi connectivity index (χ2v) is 7.45. The number of benzene rings is 1. The number of dihydropyridines is 1. The first-order valence-corrected chi connectivity index (χ1v) is 9.84. The van der Waals surface area contributed by atoms with E-state index in [1.165, 1.54) is 23.2 Å². The predicted molar refractivity (Wildman–Crippen MR) is 105 cm³/mol. The molecular formula is C21H22F3N3O3. The van der Waals surface area contributed by atoms with Gasteiger partial charge in [0.25, 0.3) is 0 Å². The van der Waals surface area contributed by atoms with Gasteiger partial charge in [-0.3, -0.25) is 0 Å². The van der Waals surface area contributed by atoms with Gasteiger partial charge in [0.15, 0.2) is 6.17 Å². The average molecular weight is 421 g/mol. The minimum atomic E-state index is -1.51. The molecule has 3 unspecified atom stereocenters. The van der Waals surface area contributed by atoms with Crippen molar-refractivity contribution in [3.8, 4) is 0 Å². The van der Waals surface area contributed by atoms with E-state index in [-0.39, 0.29) is 36.7 Å². The number of ether oxygens (including phenoxy) is 1. The Morgan fingerprint density at radius 1 is 1.37 bits per heavy atom. The smallest absolute Gasteiger partial charge is 0.335 e. The van der Waals surface area contributed by atoms with Crippen LogP contribution in [-0.4, -0.2) is 59.9 Å². The fourth-order valence-corrected chi connectivity index (χ4v) is 3.97. The van der Waals surface area contributed by atoms with Crippen LogP contribution in [0, 0.1) is 11.6 Å². The van der Waals surface area contributed by atoms with Gasteiger partial charge in [-0.15, -0.1) is 0 Å². The van der Waals surface area contributed by atoms with Crippen LogP contribution in [0.2, 0.25) is 0 Å². The lowest BCUT2D eigenvalue weighted by molar-refractivity contribution is -0.138. The summed E-state index contributed by atoms with van der Waals surface area (Å²) < 4.78 is 48.0. The van der Waals surface area contributed by atoms with Gasteiger partial charge in [-0.1, -0.05) is 0 Å². The molecule has 1 N–H and O–H groups in total. The molecule has 4 rings (SSSR count). The number of hydrogen-bond acceptors (Lipinski definition) is 6. The summed E-state index contributed by atoms with van der Waals surface area (Å²) in [6.07, 6.45) is 0.565. The van der Waals surface area contributed by atoms with Crippen LogP contribution in [-0.2, 0) is 9.53 Å². The van der Waals surface area contributed by atoms with Gasteiger partial charge in [0.2, 0.25) is 0 Å². The van der Waals surface area contributed by atoms with Crippen LogP contribution in [0.15, 0.2) is 46.6 Å². The van der Waals surface area contributed by atoms with Gasteiger partial charge in [-0.2, -0.15) is 0 Å². The van der Waals surface area contributed by atoms with Crippen LogP contribution in [0.5, 0.6) is 0 Å². The van der Waals surface area contributed by atoms with E-state index in [1.54, 1.807) is 11.8 Å². The first kappa shape index (κ1) is 20.5. The number of aliphatic imine (C=N–C) groups is 1. The number of hydrogen-bond donors (Lipinski definition) is 1. The maximum atomic E-state index is 14.9. The normalized spacial score (nSPS) is 26.0. The van der Waals surface area contributed by atoms with Crippen molar-refractivity contribution in [1.29, 1.82) is 0 Å². The molecule has 1 aromatic rings. The van der Waals surface area contributed by atoms with Gasteiger partial charge < -0.3 is 19.6 Å². The van der Waals surface area contributed by atoms with E-state index in [0.29, 0.717) is 18.5 Å². The van der Waals surface area contributed by atoms with Gasteiger partial charge in [-0.05, 0) is 37.1 Å². The monoisotopic (exact) mass is 421 g/mol. The summed E-state index contributed by atoms with van der Waals surface area (Å²) in [5.74, 6) is -1.99. The predicted octanol–water partition coefficient (Wildman–Crippen LogP) is 2.69. The Kier molecular flexibility index (Phi) is 5.55. The highest BCUT2D eigenvalue weighted by atomic mass is 19.1. The van der Waals surface area contributed by atoms with E-state index in [4.69, 9.17) is 4.74 Å². The number of esters is 1. The van der Waals surface area contributed by atoms with Crippen molar-refractivity contribution in [2.75, 3.05) is 24.6 Å². The lowest BCUT2D eigenvalue weighted by Gasteiger charge is -2.38. The summed E-state index contributed by atoms with van der Waals surface area (Å²) >= 11 is 0. The van der Waals surface area contributed by atoms with Crippen LogP contribution in [0.3, 0.4) is 0 Å². The van der Waals surface area contributed by atoms with Crippen molar-refractivity contribution in [2.24, 2.45) is 4.99 Å². The summed E-state index contributed by atoms with van der Waals surface area (Å²) in [4.78, 5) is 19.9. The molecule has 30 heavy (non-hydrogen) atoms. The van der Waals surface area contributed by atoms with E-state index in [1.807, 2.05) is 0 Å². The number of aliphatic hydroxyl groups is 1. The maximum absolute atomic E-state index is 14.9. The minimum Gasteiger partial charge on any atom is -0.463 e. The van der Waals surface area contributed by atoms with Gasteiger partial charge in [0.1, 0.15) is 23.6 Å². The number of carbonyl (C=O) groups is 1. The fraction of sp³-hybridized carbons (Fsp3) is 0.429. The van der Waals surface area contributed by atoms with E-state index < -0.39 is 36.0 Å². The second kappa shape index (κ2) is 8.14. The Hall–Kier alpha value is -2.81. The van der Waals surface area contributed by atoms with Crippen molar-refractivity contribution in [3.63, 3.8) is 0 Å². The number of alkyl halides is 1. The fourth-order valence-electron chi connectivity index (χ4n) is 3.97. The molecule has 3 atom stereocenters. The molecule has 9 heteroatoms. The molecule has 3 aliphatic rings. The number of rotatable bonds is 3. The van der Waals surface area contributed by atoms with E-state index in [2.05, 4.69) is 4.99 Å². The zero-order valence-electron chi connectivity index (χ0n) is 16.4. The lowest BCUT2D eigenvalue weighted by atomic mass is 9.94. The Morgan fingerprint density at radius 3 is 2.83 bits per heavy atom. The van der Waals surface area contributed by atoms with Gasteiger partial charge in [-0.25, -0.2) is 23.0 Å². The average Bonchev–Trinajstić information content (AvgIpc) is 3.13. The molecule has 3 heterocycles. The Bertz CT molecular complexity index is 947. The highest BCUT2D eigenvalue weighted by Crippen LogP contribution is 2.36. The van der Waals surface area contributed by atoms with Crippen molar-refractivity contribution in [1.82, 2.24) is 4.90 Å². The largest absolute Gasteiger partial charge is 0.463 e. The Morgan fingerprint density at radius 2 is 2.17 bits per heavy atom. The second-order valence-electron chi connectivity index (χ2n) is 7.45. The third-order valence-electron chi connectivity index (χ3n) is 5.36. The molecule has 1 aromatic carbocycles. The summed E-state index contributed by atoms with van der Waals surface area (Å²) in [5.41, 5.74) is 0.724. The van der Waals surface area contributed by atoms with Crippen LogP contribution in [0.1, 0.15) is 19.8 Å². The molecule has 0 bridgehead atoms. The number of nitrogens with zero attached hydrogens (tertiary/aromatic N) is 3. The van der Waals surface area contributed by atoms with Gasteiger partial charge >= 0.3 is 5.97 Å².